The fourth-order valence-corrected chi connectivity index (χ4v) is 2.33. The van der Waals surface area contributed by atoms with Gasteiger partial charge in [-0.05, 0) is 25.8 Å². The summed E-state index contributed by atoms with van der Waals surface area (Å²) in [6.45, 7) is 5.25. The molecule has 1 heterocycles. The van der Waals surface area contributed by atoms with Crippen LogP contribution in [0.5, 0.6) is 0 Å². The standard InChI is InChI=1S/C10H20N2O/c1-11-2-4-12(5-3-11)10-6-9(7-10)8-13/h9-10,13H,2-8H2,1H3. The maximum absolute atomic E-state index is 8.92. The molecule has 0 radical (unpaired) electrons. The van der Waals surface area contributed by atoms with Crippen LogP contribution in [0.2, 0.25) is 0 Å². The van der Waals surface area contributed by atoms with Crippen molar-refractivity contribution in [2.75, 3.05) is 39.8 Å². The molecule has 76 valence electrons. The van der Waals surface area contributed by atoms with Crippen LogP contribution in [0, 0.1) is 5.92 Å². The summed E-state index contributed by atoms with van der Waals surface area (Å²) in [5, 5.41) is 8.92. The zero-order chi connectivity index (χ0) is 9.26. The second kappa shape index (κ2) is 3.95. The third kappa shape index (κ3) is 2.03. The molecule has 2 fully saturated rings. The number of likely N-dealkylation sites (N-methyl/N-ethyl adjacent to an activating group) is 1. The number of nitrogens with zero attached hydrogens (tertiary/aromatic N) is 2. The van der Waals surface area contributed by atoms with E-state index in [0.29, 0.717) is 12.5 Å². The highest BCUT2D eigenvalue weighted by molar-refractivity contribution is 4.88. The first kappa shape index (κ1) is 9.44. The predicted octanol–water partition coefficient (Wildman–Crippen LogP) is 0.00470. The van der Waals surface area contributed by atoms with Gasteiger partial charge in [0.2, 0.25) is 0 Å². The van der Waals surface area contributed by atoms with E-state index in [-0.39, 0.29) is 0 Å². The average Bonchev–Trinajstić information content (AvgIpc) is 2.06. The van der Waals surface area contributed by atoms with E-state index in [4.69, 9.17) is 5.11 Å². The lowest BCUT2D eigenvalue weighted by Gasteiger charge is -2.45. The van der Waals surface area contributed by atoms with Crippen molar-refractivity contribution in [2.24, 2.45) is 5.92 Å². The van der Waals surface area contributed by atoms with E-state index in [1.165, 1.54) is 39.0 Å². The monoisotopic (exact) mass is 184 g/mol. The Morgan fingerprint density at radius 2 is 1.77 bits per heavy atom. The smallest absolute Gasteiger partial charge is 0.0460 e. The third-order valence-electron chi connectivity index (χ3n) is 3.52. The molecule has 1 saturated heterocycles. The Hall–Kier alpha value is -0.120. The van der Waals surface area contributed by atoms with Gasteiger partial charge >= 0.3 is 0 Å². The molecule has 3 heteroatoms. The molecular weight excluding hydrogens is 164 g/mol. The highest BCUT2D eigenvalue weighted by Crippen LogP contribution is 2.31. The molecule has 0 bridgehead atoms. The van der Waals surface area contributed by atoms with Crippen molar-refractivity contribution in [3.05, 3.63) is 0 Å². The van der Waals surface area contributed by atoms with E-state index in [2.05, 4.69) is 16.8 Å². The van der Waals surface area contributed by atoms with Crippen LogP contribution in [0.3, 0.4) is 0 Å². The summed E-state index contributed by atoms with van der Waals surface area (Å²) in [5.41, 5.74) is 0. The molecular formula is C10H20N2O. The third-order valence-corrected chi connectivity index (χ3v) is 3.52. The van der Waals surface area contributed by atoms with Gasteiger partial charge in [-0.2, -0.15) is 0 Å². The molecule has 0 aromatic heterocycles. The van der Waals surface area contributed by atoms with Crippen molar-refractivity contribution in [3.63, 3.8) is 0 Å². The lowest BCUT2D eigenvalue weighted by Crippen LogP contribution is -2.53. The van der Waals surface area contributed by atoms with Crippen LogP contribution in [-0.4, -0.2) is 60.8 Å². The Morgan fingerprint density at radius 1 is 1.15 bits per heavy atom. The van der Waals surface area contributed by atoms with Crippen LogP contribution < -0.4 is 0 Å². The minimum atomic E-state index is 0.393. The Morgan fingerprint density at radius 3 is 2.31 bits per heavy atom. The fourth-order valence-electron chi connectivity index (χ4n) is 2.33. The summed E-state index contributed by atoms with van der Waals surface area (Å²) in [6, 6.07) is 0.783. The highest BCUT2D eigenvalue weighted by Gasteiger charge is 2.33. The maximum atomic E-state index is 8.92. The summed E-state index contributed by atoms with van der Waals surface area (Å²) in [4.78, 5) is 4.98. The SMILES string of the molecule is CN1CCN(C2CC(CO)C2)CC1. The van der Waals surface area contributed by atoms with Crippen molar-refractivity contribution in [1.82, 2.24) is 9.80 Å². The number of hydrogen-bond acceptors (Lipinski definition) is 3. The first-order chi connectivity index (χ1) is 6.29. The van der Waals surface area contributed by atoms with Crippen molar-refractivity contribution >= 4 is 0 Å². The summed E-state index contributed by atoms with van der Waals surface area (Å²) in [7, 11) is 2.19. The molecule has 3 nitrogen and oxygen atoms in total. The largest absolute Gasteiger partial charge is 0.396 e. The van der Waals surface area contributed by atoms with Crippen molar-refractivity contribution in [1.29, 1.82) is 0 Å². The Balaban J connectivity index is 1.71. The van der Waals surface area contributed by atoms with E-state index in [0.717, 1.165) is 6.04 Å². The zero-order valence-electron chi connectivity index (χ0n) is 8.45. The molecule has 1 saturated carbocycles. The second-order valence-corrected chi connectivity index (χ2v) is 4.51. The molecule has 13 heavy (non-hydrogen) atoms. The average molecular weight is 184 g/mol. The van der Waals surface area contributed by atoms with Crippen LogP contribution in [-0.2, 0) is 0 Å². The first-order valence-electron chi connectivity index (χ1n) is 5.33. The molecule has 2 aliphatic rings. The van der Waals surface area contributed by atoms with Gasteiger partial charge in [0.1, 0.15) is 0 Å². The van der Waals surface area contributed by atoms with Crippen molar-refractivity contribution in [3.8, 4) is 0 Å². The Labute approximate surface area is 80.3 Å². The summed E-state index contributed by atoms with van der Waals surface area (Å²) >= 11 is 0. The molecule has 2 rings (SSSR count). The van der Waals surface area contributed by atoms with Crippen LogP contribution >= 0.6 is 0 Å². The topological polar surface area (TPSA) is 26.7 Å². The van der Waals surface area contributed by atoms with E-state index < -0.39 is 0 Å². The van der Waals surface area contributed by atoms with E-state index in [1.807, 2.05) is 0 Å². The van der Waals surface area contributed by atoms with Crippen LogP contribution in [0.4, 0.5) is 0 Å². The van der Waals surface area contributed by atoms with Crippen LogP contribution in [0.15, 0.2) is 0 Å². The number of hydrogen-bond donors (Lipinski definition) is 1. The maximum Gasteiger partial charge on any atom is 0.0460 e. The molecule has 0 atom stereocenters. The van der Waals surface area contributed by atoms with Crippen LogP contribution in [0.1, 0.15) is 12.8 Å². The van der Waals surface area contributed by atoms with Gasteiger partial charge in [-0.25, -0.2) is 0 Å². The number of aliphatic hydroxyl groups excluding tert-OH is 1. The number of aliphatic hydroxyl groups is 1. The molecule has 0 aromatic carbocycles. The Kier molecular flexibility index (Phi) is 2.86. The summed E-state index contributed by atoms with van der Waals surface area (Å²) in [6.07, 6.45) is 2.44. The van der Waals surface area contributed by atoms with E-state index >= 15 is 0 Å². The van der Waals surface area contributed by atoms with Gasteiger partial charge in [0.25, 0.3) is 0 Å². The molecule has 1 N–H and O–H groups in total. The van der Waals surface area contributed by atoms with Gasteiger partial charge in [-0.3, -0.25) is 4.90 Å². The quantitative estimate of drug-likeness (QED) is 0.654. The summed E-state index contributed by atoms with van der Waals surface area (Å²) in [5.74, 6) is 0.602. The second-order valence-electron chi connectivity index (χ2n) is 4.51. The van der Waals surface area contributed by atoms with Gasteiger partial charge in [0.05, 0.1) is 0 Å². The number of rotatable bonds is 2. The van der Waals surface area contributed by atoms with Gasteiger partial charge in [-0.15, -0.1) is 0 Å². The minimum Gasteiger partial charge on any atom is -0.396 e. The van der Waals surface area contributed by atoms with Crippen molar-refractivity contribution < 1.29 is 5.11 Å². The fraction of sp³-hybridized carbons (Fsp3) is 1.00. The van der Waals surface area contributed by atoms with E-state index in [9.17, 15) is 0 Å². The van der Waals surface area contributed by atoms with Crippen molar-refractivity contribution in [2.45, 2.75) is 18.9 Å². The lowest BCUT2D eigenvalue weighted by molar-refractivity contribution is 0.0195. The normalized spacial score (nSPS) is 37.4. The molecule has 1 aliphatic heterocycles. The summed E-state index contributed by atoms with van der Waals surface area (Å²) < 4.78 is 0. The highest BCUT2D eigenvalue weighted by atomic mass is 16.3. The van der Waals surface area contributed by atoms with Gasteiger partial charge in [-0.1, -0.05) is 0 Å². The lowest BCUT2D eigenvalue weighted by atomic mass is 9.79. The van der Waals surface area contributed by atoms with Crippen LogP contribution in [0.25, 0.3) is 0 Å². The first-order valence-corrected chi connectivity index (χ1v) is 5.33. The Bertz CT molecular complexity index is 160. The predicted molar refractivity (Wildman–Crippen MR) is 52.7 cm³/mol. The van der Waals surface area contributed by atoms with Gasteiger partial charge < -0.3 is 10.0 Å². The number of piperazine rings is 1. The van der Waals surface area contributed by atoms with Gasteiger partial charge in [0.15, 0.2) is 0 Å². The molecule has 0 spiro atoms. The molecule has 0 aromatic rings. The molecule has 1 aliphatic carbocycles. The zero-order valence-corrected chi connectivity index (χ0v) is 8.45. The van der Waals surface area contributed by atoms with E-state index in [1.54, 1.807) is 0 Å². The van der Waals surface area contributed by atoms with Gasteiger partial charge in [0, 0.05) is 38.8 Å². The molecule has 0 amide bonds. The minimum absolute atomic E-state index is 0.393. The molecule has 0 unspecified atom stereocenters.